The molecule has 1 heterocycles. The number of rotatable bonds is 5. The maximum atomic E-state index is 5.14. The lowest BCUT2D eigenvalue weighted by Gasteiger charge is -2.45. The summed E-state index contributed by atoms with van der Waals surface area (Å²) in [5, 5.41) is 3.56. The molecule has 1 saturated carbocycles. The van der Waals surface area contributed by atoms with E-state index in [1.54, 1.807) is 6.26 Å². The quantitative estimate of drug-likeness (QED) is 0.885. The molecule has 19 heavy (non-hydrogen) atoms. The van der Waals surface area contributed by atoms with Gasteiger partial charge in [0.05, 0.1) is 12.5 Å². The summed E-state index contributed by atoms with van der Waals surface area (Å²) >= 11 is 0. The maximum absolute atomic E-state index is 5.14. The zero-order valence-corrected chi connectivity index (χ0v) is 12.8. The molecule has 0 saturated heterocycles. The summed E-state index contributed by atoms with van der Waals surface area (Å²) in [6.07, 6.45) is 7.63. The molecule has 0 aromatic carbocycles. The lowest BCUT2D eigenvalue weighted by atomic mass is 9.68. The van der Waals surface area contributed by atoms with Crippen molar-refractivity contribution in [3.8, 4) is 0 Å². The molecule has 108 valence electrons. The van der Waals surface area contributed by atoms with E-state index in [-0.39, 0.29) is 0 Å². The van der Waals surface area contributed by atoms with E-state index in [0.29, 0.717) is 11.5 Å². The van der Waals surface area contributed by atoms with E-state index < -0.39 is 0 Å². The Hall–Kier alpha value is -0.800. The topological polar surface area (TPSA) is 28.4 Å². The van der Waals surface area contributed by atoms with Crippen LogP contribution in [0.4, 0.5) is 0 Å². The van der Waals surface area contributed by atoms with Crippen molar-refractivity contribution in [3.05, 3.63) is 24.2 Å². The normalized spacial score (nSPS) is 26.8. The number of furan rings is 1. The van der Waals surface area contributed by atoms with Gasteiger partial charge in [-0.2, -0.15) is 0 Å². The van der Waals surface area contributed by atoms with Gasteiger partial charge in [-0.05, 0) is 44.3 Å². The summed E-state index contributed by atoms with van der Waals surface area (Å²) < 4.78 is 5.14. The first-order valence-corrected chi connectivity index (χ1v) is 7.40. The van der Waals surface area contributed by atoms with Crippen molar-refractivity contribution < 1.29 is 4.42 Å². The average Bonchev–Trinajstić information content (AvgIpc) is 2.80. The summed E-state index contributed by atoms with van der Waals surface area (Å²) in [4.78, 5) is 2.42. The van der Waals surface area contributed by atoms with Crippen LogP contribution in [0.15, 0.2) is 23.0 Å². The van der Waals surface area contributed by atoms with Crippen molar-refractivity contribution in [2.75, 3.05) is 20.6 Å². The highest BCUT2D eigenvalue weighted by molar-refractivity contribution is 5.05. The van der Waals surface area contributed by atoms with Crippen LogP contribution in [0.1, 0.15) is 38.7 Å². The van der Waals surface area contributed by atoms with Crippen molar-refractivity contribution in [2.24, 2.45) is 11.3 Å². The fraction of sp³-hybridized carbons (Fsp3) is 0.750. The predicted octanol–water partition coefficient (Wildman–Crippen LogP) is 3.13. The molecular weight excluding hydrogens is 236 g/mol. The molecule has 1 aromatic heterocycles. The summed E-state index contributed by atoms with van der Waals surface area (Å²) in [5.41, 5.74) is 1.67. The summed E-state index contributed by atoms with van der Waals surface area (Å²) in [7, 11) is 4.32. The molecular formula is C16H28N2O. The minimum atomic E-state index is 0.411. The van der Waals surface area contributed by atoms with E-state index in [1.165, 1.54) is 24.8 Å². The van der Waals surface area contributed by atoms with Gasteiger partial charge in [-0.3, -0.25) is 0 Å². The Morgan fingerprint density at radius 3 is 2.89 bits per heavy atom. The van der Waals surface area contributed by atoms with Crippen LogP contribution in [0, 0.1) is 11.3 Å². The molecule has 2 atom stereocenters. The minimum Gasteiger partial charge on any atom is -0.472 e. The van der Waals surface area contributed by atoms with Gasteiger partial charge < -0.3 is 14.6 Å². The Balaban J connectivity index is 1.93. The first-order valence-electron chi connectivity index (χ1n) is 7.40. The molecule has 0 amide bonds. The molecule has 1 aliphatic rings. The van der Waals surface area contributed by atoms with E-state index in [4.69, 9.17) is 4.42 Å². The summed E-state index contributed by atoms with van der Waals surface area (Å²) in [5.74, 6) is 0.741. The summed E-state index contributed by atoms with van der Waals surface area (Å²) in [6.45, 7) is 6.93. The van der Waals surface area contributed by atoms with Gasteiger partial charge in [-0.1, -0.05) is 20.3 Å². The Morgan fingerprint density at radius 2 is 2.26 bits per heavy atom. The van der Waals surface area contributed by atoms with Crippen LogP contribution in [0.2, 0.25) is 0 Å². The molecule has 3 heteroatoms. The molecule has 1 aromatic rings. The molecule has 1 fully saturated rings. The number of nitrogens with one attached hydrogen (secondary N) is 1. The van der Waals surface area contributed by atoms with E-state index in [9.17, 15) is 0 Å². The van der Waals surface area contributed by atoms with Crippen LogP contribution in [0.3, 0.4) is 0 Å². The molecule has 0 radical (unpaired) electrons. The second-order valence-corrected chi connectivity index (χ2v) is 6.74. The molecule has 3 nitrogen and oxygen atoms in total. The SMILES string of the molecule is CNC1C(CN(C)Cc2ccoc2)CCCC1(C)C. The maximum Gasteiger partial charge on any atom is 0.0947 e. The fourth-order valence-electron chi connectivity index (χ4n) is 3.76. The number of hydrogen-bond donors (Lipinski definition) is 1. The monoisotopic (exact) mass is 264 g/mol. The predicted molar refractivity (Wildman–Crippen MR) is 79.0 cm³/mol. The van der Waals surface area contributed by atoms with E-state index in [2.05, 4.69) is 44.2 Å². The highest BCUT2D eigenvalue weighted by Crippen LogP contribution is 2.39. The number of hydrogen-bond acceptors (Lipinski definition) is 3. The second-order valence-electron chi connectivity index (χ2n) is 6.74. The van der Waals surface area contributed by atoms with Gasteiger partial charge in [0, 0.05) is 24.7 Å². The van der Waals surface area contributed by atoms with Crippen LogP contribution in [0.25, 0.3) is 0 Å². The Morgan fingerprint density at radius 1 is 1.47 bits per heavy atom. The Bertz CT molecular complexity index is 372. The first-order chi connectivity index (χ1) is 9.03. The van der Waals surface area contributed by atoms with Crippen LogP contribution >= 0.6 is 0 Å². The molecule has 0 bridgehead atoms. The molecule has 2 unspecified atom stereocenters. The van der Waals surface area contributed by atoms with Gasteiger partial charge in [0.1, 0.15) is 0 Å². The van der Waals surface area contributed by atoms with Crippen molar-refractivity contribution >= 4 is 0 Å². The van der Waals surface area contributed by atoms with Gasteiger partial charge in [0.2, 0.25) is 0 Å². The van der Waals surface area contributed by atoms with Gasteiger partial charge in [-0.25, -0.2) is 0 Å². The summed E-state index contributed by atoms with van der Waals surface area (Å²) in [6, 6.07) is 2.67. The van der Waals surface area contributed by atoms with E-state index >= 15 is 0 Å². The number of nitrogens with zero attached hydrogens (tertiary/aromatic N) is 1. The van der Waals surface area contributed by atoms with Crippen molar-refractivity contribution in [3.63, 3.8) is 0 Å². The van der Waals surface area contributed by atoms with Gasteiger partial charge in [0.15, 0.2) is 0 Å². The van der Waals surface area contributed by atoms with Crippen LogP contribution < -0.4 is 5.32 Å². The standard InChI is InChI=1S/C16H28N2O/c1-16(2)8-5-6-14(15(16)17-3)11-18(4)10-13-7-9-19-12-13/h7,9,12,14-15,17H,5-6,8,10-11H2,1-4H3. The fourth-order valence-corrected chi connectivity index (χ4v) is 3.76. The Kier molecular flexibility index (Phi) is 4.69. The second kappa shape index (κ2) is 6.10. The van der Waals surface area contributed by atoms with E-state index in [1.807, 2.05) is 6.26 Å². The smallest absolute Gasteiger partial charge is 0.0947 e. The van der Waals surface area contributed by atoms with Crippen LogP contribution in [0.5, 0.6) is 0 Å². The third kappa shape index (κ3) is 3.61. The van der Waals surface area contributed by atoms with Crippen LogP contribution in [-0.2, 0) is 6.54 Å². The highest BCUT2D eigenvalue weighted by atomic mass is 16.3. The molecule has 0 aliphatic heterocycles. The molecule has 0 spiro atoms. The van der Waals surface area contributed by atoms with Gasteiger partial charge in [0.25, 0.3) is 0 Å². The van der Waals surface area contributed by atoms with Crippen LogP contribution in [-0.4, -0.2) is 31.6 Å². The zero-order chi connectivity index (χ0) is 13.9. The van der Waals surface area contributed by atoms with E-state index in [0.717, 1.165) is 19.0 Å². The highest BCUT2D eigenvalue weighted by Gasteiger charge is 2.38. The Labute approximate surface area is 117 Å². The zero-order valence-electron chi connectivity index (χ0n) is 12.8. The van der Waals surface area contributed by atoms with Crippen molar-refractivity contribution in [1.29, 1.82) is 0 Å². The third-order valence-corrected chi connectivity index (χ3v) is 4.60. The molecule has 1 N–H and O–H groups in total. The lowest BCUT2D eigenvalue weighted by molar-refractivity contribution is 0.0888. The van der Waals surface area contributed by atoms with Gasteiger partial charge >= 0.3 is 0 Å². The largest absolute Gasteiger partial charge is 0.472 e. The van der Waals surface area contributed by atoms with Crippen molar-refractivity contribution in [2.45, 2.75) is 45.7 Å². The first kappa shape index (κ1) is 14.6. The lowest BCUT2D eigenvalue weighted by Crippen LogP contribution is -2.51. The molecule has 1 aliphatic carbocycles. The molecule has 2 rings (SSSR count). The van der Waals surface area contributed by atoms with Crippen molar-refractivity contribution in [1.82, 2.24) is 10.2 Å². The van der Waals surface area contributed by atoms with Gasteiger partial charge in [-0.15, -0.1) is 0 Å². The average molecular weight is 264 g/mol. The third-order valence-electron chi connectivity index (χ3n) is 4.60. The minimum absolute atomic E-state index is 0.411.